The molecular formula is C40H51NO14. The summed E-state index contributed by atoms with van der Waals surface area (Å²) in [4.78, 5) is 25.6. The van der Waals surface area contributed by atoms with Crippen LogP contribution in [-0.4, -0.2) is 127 Å². The minimum atomic E-state index is -2.39. The van der Waals surface area contributed by atoms with Crippen LogP contribution >= 0.6 is 0 Å². The topological polar surface area (TPSA) is 201 Å². The second kappa shape index (κ2) is 20.4. The van der Waals surface area contributed by atoms with Crippen molar-refractivity contribution in [2.24, 2.45) is 0 Å². The molecule has 55 heavy (non-hydrogen) atoms. The fourth-order valence-electron chi connectivity index (χ4n) is 6.71. The van der Waals surface area contributed by atoms with Gasteiger partial charge in [0.2, 0.25) is 5.91 Å². The molecule has 15 nitrogen and oxygen atoms in total. The van der Waals surface area contributed by atoms with E-state index in [1.807, 2.05) is 91.0 Å². The molecule has 5 rings (SSSR count). The smallest absolute Gasteiger partial charge is 0.366 e. The van der Waals surface area contributed by atoms with Gasteiger partial charge in [0.05, 0.1) is 52.3 Å². The van der Waals surface area contributed by atoms with Crippen LogP contribution in [0, 0.1) is 0 Å². The summed E-state index contributed by atoms with van der Waals surface area (Å²) < 4.78 is 49.4. The number of rotatable bonds is 18. The van der Waals surface area contributed by atoms with E-state index in [-0.39, 0.29) is 19.8 Å². The van der Waals surface area contributed by atoms with Gasteiger partial charge in [0.1, 0.15) is 42.7 Å². The van der Waals surface area contributed by atoms with E-state index in [0.29, 0.717) is 0 Å². The maximum absolute atomic E-state index is 13.5. The molecule has 2 aliphatic heterocycles. The fourth-order valence-corrected chi connectivity index (χ4v) is 6.71. The lowest BCUT2D eigenvalue weighted by Crippen LogP contribution is -2.68. The maximum Gasteiger partial charge on any atom is 0.366 e. The number of aliphatic hydroxyl groups excluding tert-OH is 4. The van der Waals surface area contributed by atoms with E-state index in [2.05, 4.69) is 5.32 Å². The molecule has 3 aromatic carbocycles. The summed E-state index contributed by atoms with van der Waals surface area (Å²) in [7, 11) is 2.54. The number of carbonyl (C=O) groups excluding carboxylic acids is 2. The van der Waals surface area contributed by atoms with Crippen molar-refractivity contribution in [1.82, 2.24) is 5.32 Å². The number of carbonyl (C=O) groups is 2. The fraction of sp³-hybridized carbons (Fsp3) is 0.500. The SMILES string of the molecule is COC(=O)[C@]1(OC[C@H]2O[C@H](OC)[C@H](OCc3ccccc3)[C@@H](OCc3ccccc3)[C@H]2OCc2ccccc2)C[C@H](O)[C@@H](NC(C)=O)[C@H]([C@H](O)[C@H](O)CO)O1. The Kier molecular flexibility index (Phi) is 15.7. The van der Waals surface area contributed by atoms with Crippen molar-refractivity contribution in [2.45, 2.75) is 100 Å². The maximum atomic E-state index is 13.5. The molecule has 300 valence electrons. The van der Waals surface area contributed by atoms with Crippen molar-refractivity contribution in [3.05, 3.63) is 108 Å². The van der Waals surface area contributed by atoms with Gasteiger partial charge in [-0.25, -0.2) is 4.79 Å². The molecule has 0 unspecified atom stereocenters. The van der Waals surface area contributed by atoms with E-state index in [1.54, 1.807) is 0 Å². The van der Waals surface area contributed by atoms with Gasteiger partial charge in [0, 0.05) is 20.5 Å². The van der Waals surface area contributed by atoms with Crippen LogP contribution in [0.25, 0.3) is 0 Å². The van der Waals surface area contributed by atoms with Crippen molar-refractivity contribution in [2.75, 3.05) is 27.4 Å². The largest absolute Gasteiger partial charge is 0.465 e. The molecule has 5 N–H and O–H groups in total. The average molecular weight is 770 g/mol. The van der Waals surface area contributed by atoms with E-state index in [4.69, 9.17) is 37.9 Å². The van der Waals surface area contributed by atoms with Crippen LogP contribution < -0.4 is 5.32 Å². The summed E-state index contributed by atoms with van der Waals surface area (Å²) in [5.74, 6) is -4.05. The van der Waals surface area contributed by atoms with E-state index in [1.165, 1.54) is 14.0 Å². The van der Waals surface area contributed by atoms with E-state index >= 15 is 0 Å². The van der Waals surface area contributed by atoms with Gasteiger partial charge in [-0.3, -0.25) is 4.79 Å². The van der Waals surface area contributed by atoms with Gasteiger partial charge in [0.25, 0.3) is 5.79 Å². The number of esters is 1. The van der Waals surface area contributed by atoms with Crippen LogP contribution in [0.4, 0.5) is 0 Å². The summed E-state index contributed by atoms with van der Waals surface area (Å²) in [6.45, 7) is 0.360. The van der Waals surface area contributed by atoms with Gasteiger partial charge in [0.15, 0.2) is 6.29 Å². The highest BCUT2D eigenvalue weighted by molar-refractivity contribution is 5.78. The first-order valence-electron chi connectivity index (χ1n) is 18.1. The first kappa shape index (κ1) is 42.3. The molecule has 1 amide bonds. The normalized spacial score (nSPS) is 29.2. The Morgan fingerprint density at radius 3 is 1.80 bits per heavy atom. The van der Waals surface area contributed by atoms with E-state index in [9.17, 15) is 30.0 Å². The van der Waals surface area contributed by atoms with Crippen LogP contribution in [0.5, 0.6) is 0 Å². The predicted octanol–water partition coefficient (Wildman–Crippen LogP) is 1.37. The molecule has 0 bridgehead atoms. The summed E-state index contributed by atoms with van der Waals surface area (Å²) in [5.41, 5.74) is 2.64. The molecule has 0 spiro atoms. The summed E-state index contributed by atoms with van der Waals surface area (Å²) in [5, 5.41) is 44.7. The van der Waals surface area contributed by atoms with Gasteiger partial charge in [-0.1, -0.05) is 91.0 Å². The lowest BCUT2D eigenvalue weighted by Gasteiger charge is -2.48. The zero-order valence-electron chi connectivity index (χ0n) is 31.0. The van der Waals surface area contributed by atoms with Crippen molar-refractivity contribution >= 4 is 11.9 Å². The molecular weight excluding hydrogens is 718 g/mol. The standard InChI is InChI=1S/C40H51NO14/c1-25(43)41-32-29(44)19-40(39(47)49-3,55-35(32)33(46)30(45)20-42)53-24-31-34(50-21-26-13-7-4-8-14-26)36(51-22-27-15-9-5-10-16-27)37(38(48-2)54-31)52-23-28-17-11-6-12-18-28/h4-18,29-38,42,44-46H,19-24H2,1-3H3,(H,41,43)/t29-,30+,31+,32+,33+,34-,35+,36-,37+,38-,40-/m0/s1. The van der Waals surface area contributed by atoms with Crippen molar-refractivity contribution in [3.8, 4) is 0 Å². The monoisotopic (exact) mass is 769 g/mol. The third-order valence-corrected chi connectivity index (χ3v) is 9.52. The number of hydrogen-bond acceptors (Lipinski definition) is 14. The summed E-state index contributed by atoms with van der Waals surface area (Å²) in [6, 6.07) is 27.2. The second-order valence-electron chi connectivity index (χ2n) is 13.4. The van der Waals surface area contributed by atoms with Crippen molar-refractivity contribution in [3.63, 3.8) is 0 Å². The minimum Gasteiger partial charge on any atom is -0.465 e. The quantitative estimate of drug-likeness (QED) is 0.116. The molecule has 0 aromatic heterocycles. The minimum absolute atomic E-state index is 0.128. The Labute approximate surface area is 320 Å². The summed E-state index contributed by atoms with van der Waals surface area (Å²) in [6.07, 6.45) is -12.1. The van der Waals surface area contributed by atoms with E-state index < -0.39 is 98.5 Å². The van der Waals surface area contributed by atoms with Gasteiger partial charge in [-0.15, -0.1) is 0 Å². The van der Waals surface area contributed by atoms with Crippen molar-refractivity contribution in [1.29, 1.82) is 0 Å². The molecule has 3 aromatic rings. The Hall–Kier alpha value is -3.84. The van der Waals surface area contributed by atoms with Crippen LogP contribution in [0.3, 0.4) is 0 Å². The highest BCUT2D eigenvalue weighted by Gasteiger charge is 2.57. The third-order valence-electron chi connectivity index (χ3n) is 9.52. The summed E-state index contributed by atoms with van der Waals surface area (Å²) >= 11 is 0. The number of benzene rings is 3. The molecule has 0 radical (unpaired) electrons. The van der Waals surface area contributed by atoms with Crippen LogP contribution in [0.2, 0.25) is 0 Å². The molecule has 2 aliphatic rings. The number of amides is 1. The Morgan fingerprint density at radius 1 is 0.818 bits per heavy atom. The molecule has 11 atom stereocenters. The zero-order chi connectivity index (χ0) is 39.4. The molecule has 0 aliphatic carbocycles. The second-order valence-corrected chi connectivity index (χ2v) is 13.4. The molecule has 2 fully saturated rings. The van der Waals surface area contributed by atoms with Gasteiger partial charge >= 0.3 is 5.97 Å². The first-order chi connectivity index (χ1) is 26.6. The van der Waals surface area contributed by atoms with Crippen LogP contribution in [0.1, 0.15) is 30.0 Å². The number of hydrogen-bond donors (Lipinski definition) is 5. The zero-order valence-corrected chi connectivity index (χ0v) is 31.0. The number of methoxy groups -OCH3 is 2. The average Bonchev–Trinajstić information content (AvgIpc) is 3.21. The molecule has 2 saturated heterocycles. The predicted molar refractivity (Wildman–Crippen MR) is 194 cm³/mol. The lowest BCUT2D eigenvalue weighted by molar-refractivity contribution is -0.347. The van der Waals surface area contributed by atoms with E-state index in [0.717, 1.165) is 23.8 Å². The third kappa shape index (κ3) is 10.9. The Morgan fingerprint density at radius 2 is 1.33 bits per heavy atom. The first-order valence-corrected chi connectivity index (χ1v) is 18.1. The number of aliphatic hydroxyl groups is 4. The Balaban J connectivity index is 1.49. The van der Waals surface area contributed by atoms with Crippen LogP contribution in [-0.2, 0) is 67.3 Å². The highest BCUT2D eigenvalue weighted by atomic mass is 16.8. The lowest BCUT2D eigenvalue weighted by atomic mass is 9.88. The van der Waals surface area contributed by atoms with Gasteiger partial charge in [-0.05, 0) is 16.7 Å². The van der Waals surface area contributed by atoms with Gasteiger partial charge in [-0.2, -0.15) is 0 Å². The van der Waals surface area contributed by atoms with Gasteiger partial charge < -0.3 is 63.6 Å². The molecule has 2 heterocycles. The Bertz CT molecular complexity index is 1600. The molecule has 15 heteroatoms. The van der Waals surface area contributed by atoms with Crippen molar-refractivity contribution < 1.29 is 67.9 Å². The van der Waals surface area contributed by atoms with Crippen LogP contribution in [0.15, 0.2) is 91.0 Å². The number of ether oxygens (including phenoxy) is 8. The number of nitrogens with one attached hydrogen (secondary N) is 1. The highest BCUT2D eigenvalue weighted by Crippen LogP contribution is 2.37. The molecule has 0 saturated carbocycles.